The third kappa shape index (κ3) is 4.65. The predicted octanol–water partition coefficient (Wildman–Crippen LogP) is 4.51. The SMILES string of the molecule is Cc1ncc(-c2nn(-c3ccccc3)c(NC(=O)N[C@H]3c4ccccc4CCC[C@@H]3O)c2C)cn1. The molecule has 8 nitrogen and oxygen atoms in total. The van der Waals surface area contributed by atoms with Crippen molar-refractivity contribution in [3.8, 4) is 16.9 Å². The molecule has 0 saturated carbocycles. The van der Waals surface area contributed by atoms with Gasteiger partial charge < -0.3 is 10.4 Å². The number of rotatable bonds is 4. The van der Waals surface area contributed by atoms with Gasteiger partial charge in [0.15, 0.2) is 0 Å². The van der Waals surface area contributed by atoms with Crippen LogP contribution in [0.4, 0.5) is 10.6 Å². The highest BCUT2D eigenvalue weighted by Crippen LogP contribution is 2.31. The molecule has 0 spiro atoms. The fourth-order valence-corrected chi connectivity index (χ4v) is 4.59. The zero-order chi connectivity index (χ0) is 24.4. The van der Waals surface area contributed by atoms with Crippen LogP contribution in [0.25, 0.3) is 16.9 Å². The van der Waals surface area contributed by atoms with Crippen LogP contribution in [0.15, 0.2) is 67.0 Å². The number of benzene rings is 2. The van der Waals surface area contributed by atoms with Crippen molar-refractivity contribution in [1.29, 1.82) is 0 Å². The van der Waals surface area contributed by atoms with Gasteiger partial charge in [0.05, 0.1) is 17.8 Å². The van der Waals surface area contributed by atoms with Crippen molar-refractivity contribution in [1.82, 2.24) is 25.1 Å². The second-order valence-electron chi connectivity index (χ2n) is 8.82. The minimum atomic E-state index is -0.662. The van der Waals surface area contributed by atoms with Gasteiger partial charge in [-0.1, -0.05) is 42.5 Å². The van der Waals surface area contributed by atoms with Gasteiger partial charge in [-0.2, -0.15) is 5.10 Å². The van der Waals surface area contributed by atoms with Gasteiger partial charge in [0.1, 0.15) is 17.3 Å². The molecular formula is C27H28N6O2. The van der Waals surface area contributed by atoms with E-state index in [1.807, 2.05) is 62.4 Å². The Labute approximate surface area is 204 Å². The minimum Gasteiger partial charge on any atom is -0.391 e. The molecule has 0 fully saturated rings. The van der Waals surface area contributed by atoms with E-state index in [9.17, 15) is 9.90 Å². The summed E-state index contributed by atoms with van der Waals surface area (Å²) in [6, 6.07) is 16.7. The lowest BCUT2D eigenvalue weighted by Crippen LogP contribution is -2.39. The minimum absolute atomic E-state index is 0.405. The van der Waals surface area contributed by atoms with E-state index in [0.717, 1.165) is 40.8 Å². The molecular weight excluding hydrogens is 440 g/mol. The van der Waals surface area contributed by atoms with Gasteiger partial charge in [-0.05, 0) is 56.4 Å². The second-order valence-corrected chi connectivity index (χ2v) is 8.82. The molecule has 0 unspecified atom stereocenters. The third-order valence-corrected chi connectivity index (χ3v) is 6.42. The number of aliphatic hydroxyl groups excluding tert-OH is 1. The molecule has 2 aromatic carbocycles. The fourth-order valence-electron chi connectivity index (χ4n) is 4.59. The number of fused-ring (bicyclic) bond motifs is 1. The number of anilines is 1. The van der Waals surface area contributed by atoms with Crippen molar-refractivity contribution >= 4 is 11.8 Å². The molecule has 3 N–H and O–H groups in total. The van der Waals surface area contributed by atoms with Crippen LogP contribution in [-0.4, -0.2) is 37.0 Å². The fraction of sp³-hybridized carbons (Fsp3) is 0.259. The smallest absolute Gasteiger partial charge is 0.320 e. The van der Waals surface area contributed by atoms with Gasteiger partial charge in [0.2, 0.25) is 0 Å². The molecule has 0 saturated heterocycles. The normalized spacial score (nSPS) is 17.3. The van der Waals surface area contributed by atoms with E-state index in [4.69, 9.17) is 5.10 Å². The van der Waals surface area contributed by atoms with Crippen molar-refractivity contribution in [3.05, 3.63) is 89.5 Å². The van der Waals surface area contributed by atoms with Crippen molar-refractivity contribution in [2.45, 2.75) is 45.3 Å². The Hall–Kier alpha value is -4.04. The van der Waals surface area contributed by atoms with Gasteiger partial charge in [0.25, 0.3) is 0 Å². The lowest BCUT2D eigenvalue weighted by atomic mass is 9.98. The molecule has 8 heteroatoms. The summed E-state index contributed by atoms with van der Waals surface area (Å²) in [5, 5.41) is 21.6. The molecule has 2 aromatic heterocycles. The molecule has 2 heterocycles. The van der Waals surface area contributed by atoms with Crippen LogP contribution in [0.2, 0.25) is 0 Å². The molecule has 0 radical (unpaired) electrons. The number of aliphatic hydroxyl groups is 1. The number of hydrogen-bond donors (Lipinski definition) is 3. The maximum atomic E-state index is 13.3. The average Bonchev–Trinajstić information content (AvgIpc) is 3.10. The molecule has 0 aliphatic heterocycles. The van der Waals surface area contributed by atoms with Crippen molar-refractivity contribution in [2.24, 2.45) is 0 Å². The van der Waals surface area contributed by atoms with Crippen LogP contribution in [-0.2, 0) is 6.42 Å². The Morgan fingerprint density at radius 1 is 1.03 bits per heavy atom. The Morgan fingerprint density at radius 2 is 1.74 bits per heavy atom. The largest absolute Gasteiger partial charge is 0.391 e. The number of urea groups is 1. The molecule has 4 aromatic rings. The maximum absolute atomic E-state index is 13.3. The third-order valence-electron chi connectivity index (χ3n) is 6.42. The zero-order valence-electron chi connectivity index (χ0n) is 19.8. The summed E-state index contributed by atoms with van der Waals surface area (Å²) >= 11 is 0. The first-order valence-corrected chi connectivity index (χ1v) is 11.8. The molecule has 178 valence electrons. The molecule has 0 bridgehead atoms. The number of carbonyl (C=O) groups excluding carboxylic acids is 1. The van der Waals surface area contributed by atoms with E-state index in [1.54, 1.807) is 17.1 Å². The number of nitrogens with one attached hydrogen (secondary N) is 2. The average molecular weight is 469 g/mol. The quantitative estimate of drug-likeness (QED) is 0.382. The lowest BCUT2D eigenvalue weighted by molar-refractivity contribution is 0.123. The van der Waals surface area contributed by atoms with Crippen molar-refractivity contribution < 1.29 is 9.90 Å². The van der Waals surface area contributed by atoms with E-state index in [-0.39, 0.29) is 0 Å². The van der Waals surface area contributed by atoms with E-state index in [2.05, 4.69) is 26.7 Å². The highest BCUT2D eigenvalue weighted by Gasteiger charge is 2.28. The van der Waals surface area contributed by atoms with Gasteiger partial charge >= 0.3 is 6.03 Å². The van der Waals surface area contributed by atoms with Crippen LogP contribution in [0, 0.1) is 13.8 Å². The first-order valence-electron chi connectivity index (χ1n) is 11.8. The standard InChI is InChI=1S/C27H28N6O2/c1-17-24(20-15-28-18(2)29-16-20)32-33(21-11-4-3-5-12-21)26(17)31-27(35)30-25-22-13-7-6-9-19(22)10-8-14-23(25)34/h3-7,9,11-13,15-16,23,25,34H,8,10,14H2,1-2H3,(H2,30,31,35)/t23-,25-/m0/s1. The van der Waals surface area contributed by atoms with E-state index >= 15 is 0 Å². The van der Waals surface area contributed by atoms with Gasteiger partial charge in [-0.3, -0.25) is 5.32 Å². The maximum Gasteiger partial charge on any atom is 0.320 e. The summed E-state index contributed by atoms with van der Waals surface area (Å²) in [4.78, 5) is 21.9. The molecule has 2 atom stereocenters. The summed E-state index contributed by atoms with van der Waals surface area (Å²) in [6.07, 6.45) is 5.18. The topological polar surface area (TPSA) is 105 Å². The van der Waals surface area contributed by atoms with Gasteiger partial charge in [-0.15, -0.1) is 0 Å². The number of amides is 2. The summed E-state index contributed by atoms with van der Waals surface area (Å²) in [5.41, 5.74) is 5.16. The molecule has 35 heavy (non-hydrogen) atoms. The first kappa shape index (κ1) is 22.7. The highest BCUT2D eigenvalue weighted by molar-refractivity contribution is 5.91. The molecule has 1 aliphatic carbocycles. The summed E-state index contributed by atoms with van der Waals surface area (Å²) < 4.78 is 1.71. The summed E-state index contributed by atoms with van der Waals surface area (Å²) in [6.45, 7) is 3.74. The first-order chi connectivity index (χ1) is 17.0. The Bertz CT molecular complexity index is 1330. The van der Waals surface area contributed by atoms with Gasteiger partial charge in [-0.25, -0.2) is 19.4 Å². The number of carbonyl (C=O) groups is 1. The Balaban J connectivity index is 1.48. The molecule has 2 amide bonds. The predicted molar refractivity (Wildman–Crippen MR) is 134 cm³/mol. The van der Waals surface area contributed by atoms with E-state index < -0.39 is 18.2 Å². The van der Waals surface area contributed by atoms with Crippen molar-refractivity contribution in [3.63, 3.8) is 0 Å². The number of aryl methyl sites for hydroxylation is 2. The number of nitrogens with zero attached hydrogens (tertiary/aromatic N) is 4. The van der Waals surface area contributed by atoms with Crippen LogP contribution in [0.1, 0.15) is 41.4 Å². The molecule has 1 aliphatic rings. The highest BCUT2D eigenvalue weighted by atomic mass is 16.3. The van der Waals surface area contributed by atoms with Gasteiger partial charge in [0, 0.05) is 23.5 Å². The zero-order valence-corrected chi connectivity index (χ0v) is 19.8. The lowest BCUT2D eigenvalue weighted by Gasteiger charge is -2.24. The van der Waals surface area contributed by atoms with Crippen LogP contribution in [0.3, 0.4) is 0 Å². The van der Waals surface area contributed by atoms with Crippen LogP contribution in [0.5, 0.6) is 0 Å². The molecule has 5 rings (SSSR count). The summed E-state index contributed by atoms with van der Waals surface area (Å²) in [5.74, 6) is 1.22. The monoisotopic (exact) mass is 468 g/mol. The number of hydrogen-bond acceptors (Lipinski definition) is 5. The van der Waals surface area contributed by atoms with Crippen molar-refractivity contribution in [2.75, 3.05) is 5.32 Å². The second kappa shape index (κ2) is 9.68. The number of para-hydroxylation sites is 1. The Morgan fingerprint density at radius 3 is 2.51 bits per heavy atom. The summed E-state index contributed by atoms with van der Waals surface area (Å²) in [7, 11) is 0. The van der Waals surface area contributed by atoms with E-state index in [1.165, 1.54) is 0 Å². The van der Waals surface area contributed by atoms with Crippen LogP contribution < -0.4 is 10.6 Å². The van der Waals surface area contributed by atoms with E-state index in [0.29, 0.717) is 23.8 Å². The van der Waals surface area contributed by atoms with Crippen LogP contribution >= 0.6 is 0 Å². The Kier molecular flexibility index (Phi) is 6.29. The number of aromatic nitrogens is 4.